The molecule has 2 N–H and O–H groups in total. The van der Waals surface area contributed by atoms with Crippen molar-refractivity contribution in [3.63, 3.8) is 0 Å². The SMILES string of the molecule is Cc1cccc(NC(=O)/C=C\C(=O)Nc2ccc(F)cc2)c1. The topological polar surface area (TPSA) is 58.2 Å². The third-order valence-corrected chi connectivity index (χ3v) is 2.78. The second-order valence-electron chi connectivity index (χ2n) is 4.69. The molecule has 4 nitrogen and oxygen atoms in total. The Hall–Kier alpha value is -2.95. The zero-order valence-electron chi connectivity index (χ0n) is 12.0. The highest BCUT2D eigenvalue weighted by atomic mass is 19.1. The lowest BCUT2D eigenvalue weighted by Crippen LogP contribution is -2.12. The summed E-state index contributed by atoms with van der Waals surface area (Å²) in [4.78, 5) is 23.3. The average molecular weight is 298 g/mol. The highest BCUT2D eigenvalue weighted by Gasteiger charge is 2.01. The van der Waals surface area contributed by atoms with Crippen molar-refractivity contribution < 1.29 is 14.0 Å². The zero-order valence-corrected chi connectivity index (χ0v) is 12.0. The number of aryl methyl sites for hydroxylation is 1. The molecule has 2 amide bonds. The van der Waals surface area contributed by atoms with Crippen molar-refractivity contribution in [2.75, 3.05) is 10.6 Å². The van der Waals surface area contributed by atoms with Crippen LogP contribution in [0.1, 0.15) is 5.56 Å². The standard InChI is InChI=1S/C17H15FN2O2/c1-12-3-2-4-15(11-12)20-17(22)10-9-16(21)19-14-7-5-13(18)6-8-14/h2-11H,1H3,(H,19,21)(H,20,22)/b10-9-. The number of amides is 2. The van der Waals surface area contributed by atoms with E-state index in [9.17, 15) is 14.0 Å². The largest absolute Gasteiger partial charge is 0.323 e. The van der Waals surface area contributed by atoms with E-state index < -0.39 is 11.8 Å². The Morgan fingerprint density at radius 2 is 1.50 bits per heavy atom. The predicted molar refractivity (Wildman–Crippen MR) is 84.0 cm³/mol. The van der Waals surface area contributed by atoms with Crippen LogP contribution >= 0.6 is 0 Å². The summed E-state index contributed by atoms with van der Waals surface area (Å²) in [6.45, 7) is 1.92. The molecule has 0 atom stereocenters. The fourth-order valence-electron chi connectivity index (χ4n) is 1.78. The van der Waals surface area contributed by atoms with Crippen LogP contribution in [0, 0.1) is 12.7 Å². The van der Waals surface area contributed by atoms with Crippen LogP contribution in [-0.4, -0.2) is 11.8 Å². The van der Waals surface area contributed by atoms with Crippen molar-refractivity contribution in [1.82, 2.24) is 0 Å². The number of hydrogen-bond acceptors (Lipinski definition) is 2. The maximum Gasteiger partial charge on any atom is 0.248 e. The van der Waals surface area contributed by atoms with E-state index in [1.54, 1.807) is 6.07 Å². The van der Waals surface area contributed by atoms with Crippen LogP contribution in [0.5, 0.6) is 0 Å². The van der Waals surface area contributed by atoms with Gasteiger partial charge in [0.15, 0.2) is 0 Å². The smallest absolute Gasteiger partial charge is 0.248 e. The first-order chi connectivity index (χ1) is 10.5. The average Bonchev–Trinajstić information content (AvgIpc) is 2.48. The molecule has 5 heteroatoms. The molecule has 0 saturated carbocycles. The molecule has 0 aliphatic rings. The first-order valence-corrected chi connectivity index (χ1v) is 6.65. The fourth-order valence-corrected chi connectivity index (χ4v) is 1.78. The van der Waals surface area contributed by atoms with E-state index in [1.165, 1.54) is 24.3 Å². The number of benzene rings is 2. The van der Waals surface area contributed by atoms with Gasteiger partial charge in [-0.2, -0.15) is 0 Å². The van der Waals surface area contributed by atoms with Gasteiger partial charge in [0.2, 0.25) is 11.8 Å². The van der Waals surface area contributed by atoms with Gasteiger partial charge in [0, 0.05) is 23.5 Å². The van der Waals surface area contributed by atoms with E-state index in [4.69, 9.17) is 0 Å². The summed E-state index contributed by atoms with van der Waals surface area (Å²) < 4.78 is 12.7. The summed E-state index contributed by atoms with van der Waals surface area (Å²) in [5, 5.41) is 5.18. The quantitative estimate of drug-likeness (QED) is 0.851. The molecule has 0 aromatic heterocycles. The third-order valence-electron chi connectivity index (χ3n) is 2.78. The molecule has 0 saturated heterocycles. The van der Waals surface area contributed by atoms with Crippen LogP contribution in [0.3, 0.4) is 0 Å². The minimum Gasteiger partial charge on any atom is -0.323 e. The minimum absolute atomic E-state index is 0.383. The summed E-state index contributed by atoms with van der Waals surface area (Å²) in [6.07, 6.45) is 2.26. The van der Waals surface area contributed by atoms with Crippen molar-refractivity contribution in [1.29, 1.82) is 0 Å². The molecule has 22 heavy (non-hydrogen) atoms. The van der Waals surface area contributed by atoms with Crippen LogP contribution in [-0.2, 0) is 9.59 Å². The predicted octanol–water partition coefficient (Wildman–Crippen LogP) is 3.27. The normalized spacial score (nSPS) is 10.5. The second kappa shape index (κ2) is 7.17. The number of carbonyl (C=O) groups is 2. The molecule has 2 aromatic rings. The second-order valence-corrected chi connectivity index (χ2v) is 4.69. The van der Waals surface area contributed by atoms with Gasteiger partial charge in [0.25, 0.3) is 0 Å². The molecule has 0 bridgehead atoms. The van der Waals surface area contributed by atoms with E-state index in [-0.39, 0.29) is 5.82 Å². The molecule has 0 radical (unpaired) electrons. The lowest BCUT2D eigenvalue weighted by atomic mass is 10.2. The van der Waals surface area contributed by atoms with Crippen LogP contribution in [0.2, 0.25) is 0 Å². The van der Waals surface area contributed by atoms with Gasteiger partial charge in [-0.05, 0) is 48.9 Å². The molecule has 2 rings (SSSR count). The molecule has 0 spiro atoms. The third kappa shape index (κ3) is 4.86. The van der Waals surface area contributed by atoms with E-state index in [2.05, 4.69) is 10.6 Å². The Labute approximate surface area is 127 Å². The van der Waals surface area contributed by atoms with Crippen LogP contribution in [0.15, 0.2) is 60.7 Å². The lowest BCUT2D eigenvalue weighted by molar-refractivity contribution is -0.114. The van der Waals surface area contributed by atoms with Gasteiger partial charge < -0.3 is 10.6 Å². The summed E-state index contributed by atoms with van der Waals surface area (Å²) in [6, 6.07) is 12.7. The summed E-state index contributed by atoms with van der Waals surface area (Å²) in [5.41, 5.74) is 2.14. The Morgan fingerprint density at radius 3 is 2.09 bits per heavy atom. The number of nitrogens with one attached hydrogen (secondary N) is 2. The summed E-state index contributed by atoms with van der Waals surface area (Å²) in [5.74, 6) is -1.25. The number of rotatable bonds is 4. The molecular formula is C17H15FN2O2. The van der Waals surface area contributed by atoms with Gasteiger partial charge in [-0.3, -0.25) is 9.59 Å². The highest BCUT2D eigenvalue weighted by Crippen LogP contribution is 2.10. The monoisotopic (exact) mass is 298 g/mol. The van der Waals surface area contributed by atoms with Gasteiger partial charge in [-0.25, -0.2) is 4.39 Å². The van der Waals surface area contributed by atoms with Crippen molar-refractivity contribution in [2.24, 2.45) is 0 Å². The van der Waals surface area contributed by atoms with Crippen LogP contribution in [0.25, 0.3) is 0 Å². The first-order valence-electron chi connectivity index (χ1n) is 6.65. The number of carbonyl (C=O) groups excluding carboxylic acids is 2. The molecule has 0 heterocycles. The number of halogens is 1. The molecule has 0 aliphatic heterocycles. The molecule has 0 fully saturated rings. The van der Waals surface area contributed by atoms with Crippen molar-refractivity contribution in [2.45, 2.75) is 6.92 Å². The van der Waals surface area contributed by atoms with E-state index in [0.717, 1.165) is 17.7 Å². The maximum atomic E-state index is 12.7. The van der Waals surface area contributed by atoms with E-state index in [0.29, 0.717) is 11.4 Å². The van der Waals surface area contributed by atoms with Crippen molar-refractivity contribution >= 4 is 23.2 Å². The van der Waals surface area contributed by atoms with Crippen molar-refractivity contribution in [3.05, 3.63) is 72.1 Å². The Kier molecular flexibility index (Phi) is 5.03. The summed E-state index contributed by atoms with van der Waals surface area (Å²) in [7, 11) is 0. The van der Waals surface area contributed by atoms with Crippen LogP contribution in [0.4, 0.5) is 15.8 Å². The Bertz CT molecular complexity index is 709. The number of hydrogen-bond donors (Lipinski definition) is 2. The molecule has 2 aromatic carbocycles. The van der Waals surface area contributed by atoms with Crippen LogP contribution < -0.4 is 10.6 Å². The molecule has 0 aliphatic carbocycles. The van der Waals surface area contributed by atoms with E-state index in [1.807, 2.05) is 25.1 Å². The molecule has 0 unspecified atom stereocenters. The first kappa shape index (κ1) is 15.4. The zero-order chi connectivity index (χ0) is 15.9. The van der Waals surface area contributed by atoms with Gasteiger partial charge in [0.05, 0.1) is 0 Å². The fraction of sp³-hybridized carbons (Fsp3) is 0.0588. The van der Waals surface area contributed by atoms with Gasteiger partial charge in [-0.15, -0.1) is 0 Å². The summed E-state index contributed by atoms with van der Waals surface area (Å²) >= 11 is 0. The molecular weight excluding hydrogens is 283 g/mol. The Balaban J connectivity index is 1.89. The van der Waals surface area contributed by atoms with Gasteiger partial charge in [-0.1, -0.05) is 12.1 Å². The molecule has 112 valence electrons. The Morgan fingerprint density at radius 1 is 0.909 bits per heavy atom. The minimum atomic E-state index is -0.467. The number of anilines is 2. The lowest BCUT2D eigenvalue weighted by Gasteiger charge is -2.03. The van der Waals surface area contributed by atoms with Gasteiger partial charge >= 0.3 is 0 Å². The maximum absolute atomic E-state index is 12.7. The highest BCUT2D eigenvalue weighted by molar-refractivity contribution is 6.06. The van der Waals surface area contributed by atoms with Crippen molar-refractivity contribution in [3.8, 4) is 0 Å². The van der Waals surface area contributed by atoms with Gasteiger partial charge in [0.1, 0.15) is 5.82 Å². The van der Waals surface area contributed by atoms with E-state index >= 15 is 0 Å².